The molecule has 12 heteroatoms. The van der Waals surface area contributed by atoms with E-state index in [2.05, 4.69) is 21.3 Å². The van der Waals surface area contributed by atoms with Crippen LogP contribution in [0.1, 0.15) is 86.0 Å². The molecule has 0 amide bonds. The second kappa shape index (κ2) is 22.3. The number of nitrogens with one attached hydrogen (secondary N) is 4. The zero-order valence-electron chi connectivity index (χ0n) is 25.8. The number of carbonyl (C=O) groups excluding carboxylic acids is 4. The molecule has 0 aliphatic carbocycles. The molecule has 41 heavy (non-hydrogen) atoms. The summed E-state index contributed by atoms with van der Waals surface area (Å²) in [4.78, 5) is 48.3. The quantitative estimate of drug-likeness (QED) is 0.241. The van der Waals surface area contributed by atoms with E-state index >= 15 is 0 Å². The molecule has 0 aromatic rings. The van der Waals surface area contributed by atoms with Crippen molar-refractivity contribution in [2.75, 3.05) is 46.0 Å². The van der Waals surface area contributed by atoms with Crippen LogP contribution in [-0.2, 0) is 38.1 Å². The first kappa shape index (κ1) is 36.7. The van der Waals surface area contributed by atoms with Crippen molar-refractivity contribution in [2.45, 2.75) is 116 Å². The fourth-order valence-electron chi connectivity index (χ4n) is 4.06. The predicted molar refractivity (Wildman–Crippen MR) is 155 cm³/mol. The number of hydrogen-bond donors (Lipinski definition) is 4. The molecule has 1 saturated heterocycles. The van der Waals surface area contributed by atoms with Crippen molar-refractivity contribution in [3.8, 4) is 0 Å². The van der Waals surface area contributed by atoms with Gasteiger partial charge in [-0.25, -0.2) is 0 Å². The minimum Gasteiger partial charge on any atom is -0.464 e. The van der Waals surface area contributed by atoms with Gasteiger partial charge in [-0.15, -0.1) is 0 Å². The fourth-order valence-corrected chi connectivity index (χ4v) is 4.06. The van der Waals surface area contributed by atoms with Crippen LogP contribution < -0.4 is 21.3 Å². The van der Waals surface area contributed by atoms with Gasteiger partial charge in [-0.3, -0.25) is 19.2 Å². The Morgan fingerprint density at radius 1 is 0.488 bits per heavy atom. The molecule has 12 nitrogen and oxygen atoms in total. The number of cyclic esters (lactones) is 4. The molecule has 0 aromatic heterocycles. The summed E-state index contributed by atoms with van der Waals surface area (Å²) in [6, 6.07) is 0.287. The van der Waals surface area contributed by atoms with E-state index in [0.29, 0.717) is 71.1 Å². The van der Waals surface area contributed by atoms with E-state index in [0.717, 1.165) is 0 Å². The molecule has 0 saturated carbocycles. The number of carbonyl (C=O) groups is 4. The van der Waals surface area contributed by atoms with Crippen molar-refractivity contribution in [2.24, 2.45) is 0 Å². The number of rotatable bonds is 0. The maximum absolute atomic E-state index is 12.2. The van der Waals surface area contributed by atoms with E-state index in [4.69, 9.17) is 18.9 Å². The van der Waals surface area contributed by atoms with Gasteiger partial charge >= 0.3 is 23.9 Å². The summed E-state index contributed by atoms with van der Waals surface area (Å²) in [5.41, 5.74) is 0. The molecule has 5 atom stereocenters. The summed E-state index contributed by atoms with van der Waals surface area (Å²) in [7, 11) is 0. The number of hydrogen-bond acceptors (Lipinski definition) is 12. The van der Waals surface area contributed by atoms with E-state index in [-0.39, 0.29) is 80.4 Å². The lowest BCUT2D eigenvalue weighted by Crippen LogP contribution is -2.35. The smallest absolute Gasteiger partial charge is 0.306 e. The third-order valence-corrected chi connectivity index (χ3v) is 6.79. The van der Waals surface area contributed by atoms with Crippen LogP contribution in [0.15, 0.2) is 0 Å². The average molecular weight is 587 g/mol. The molecule has 0 bridgehead atoms. The molecule has 0 radical (unpaired) electrons. The summed E-state index contributed by atoms with van der Waals surface area (Å²) in [6.07, 6.45) is 3.34. The number of ether oxygens (including phenoxy) is 4. The lowest BCUT2D eigenvalue weighted by molar-refractivity contribution is -0.148. The molecular formula is C29H54N4O8. The largest absolute Gasteiger partial charge is 0.464 e. The molecule has 1 heterocycles. The van der Waals surface area contributed by atoms with Crippen molar-refractivity contribution < 1.29 is 38.1 Å². The van der Waals surface area contributed by atoms with Gasteiger partial charge in [0.2, 0.25) is 0 Å². The Hall–Kier alpha value is -2.28. The maximum Gasteiger partial charge on any atom is 0.306 e. The highest BCUT2D eigenvalue weighted by atomic mass is 16.5. The highest BCUT2D eigenvalue weighted by Crippen LogP contribution is 2.04. The lowest BCUT2D eigenvalue weighted by atomic mass is 10.1. The van der Waals surface area contributed by atoms with Crippen LogP contribution in [0.2, 0.25) is 0 Å². The molecule has 0 aromatic carbocycles. The normalized spacial score (nSPS) is 29.9. The topological polar surface area (TPSA) is 153 Å². The monoisotopic (exact) mass is 586 g/mol. The van der Waals surface area contributed by atoms with Crippen molar-refractivity contribution in [1.82, 2.24) is 21.3 Å². The van der Waals surface area contributed by atoms with Gasteiger partial charge < -0.3 is 40.2 Å². The zero-order chi connectivity index (χ0) is 30.5. The fraction of sp³-hybridized carbons (Fsp3) is 0.862. The van der Waals surface area contributed by atoms with Gasteiger partial charge in [0.15, 0.2) is 0 Å². The third kappa shape index (κ3) is 21.1. The van der Waals surface area contributed by atoms with Gasteiger partial charge in [-0.1, -0.05) is 0 Å². The van der Waals surface area contributed by atoms with Gasteiger partial charge in [-0.05, 0) is 60.3 Å². The van der Waals surface area contributed by atoms with E-state index in [1.807, 2.05) is 34.6 Å². The summed E-state index contributed by atoms with van der Waals surface area (Å²) in [5.74, 6) is -1.03. The minimum absolute atomic E-state index is 0.0631. The van der Waals surface area contributed by atoms with Crippen LogP contribution >= 0.6 is 0 Å². The Balaban J connectivity index is 2.49. The molecule has 238 valence electrons. The van der Waals surface area contributed by atoms with Crippen molar-refractivity contribution in [1.29, 1.82) is 0 Å². The molecular weight excluding hydrogens is 532 g/mol. The van der Waals surface area contributed by atoms with E-state index < -0.39 is 0 Å². The van der Waals surface area contributed by atoms with Crippen LogP contribution in [-0.4, -0.2) is 100 Å². The van der Waals surface area contributed by atoms with Crippen LogP contribution in [0.3, 0.4) is 0 Å². The van der Waals surface area contributed by atoms with E-state index in [1.165, 1.54) is 0 Å². The number of esters is 4. The first-order valence-electron chi connectivity index (χ1n) is 15.1. The summed E-state index contributed by atoms with van der Waals surface area (Å²) >= 11 is 0. The van der Waals surface area contributed by atoms with E-state index in [1.54, 1.807) is 0 Å². The molecule has 0 spiro atoms. The summed E-state index contributed by atoms with van der Waals surface area (Å²) in [6.45, 7) is 12.5. The first-order valence-corrected chi connectivity index (χ1v) is 15.1. The van der Waals surface area contributed by atoms with Gasteiger partial charge in [0, 0.05) is 76.0 Å². The minimum atomic E-state index is -0.290. The third-order valence-electron chi connectivity index (χ3n) is 6.79. The highest BCUT2D eigenvalue weighted by molar-refractivity contribution is 5.70. The first-order chi connectivity index (χ1) is 19.5. The SMILES string of the molecule is CC1CCC(=O)OCCNC(C)CCC(=O)OC(C)CNC(C)CCC(=O)OCCNC(C)CCC(=O)OCCN1. The van der Waals surface area contributed by atoms with Gasteiger partial charge in [0.05, 0.1) is 0 Å². The molecule has 1 rings (SSSR count). The van der Waals surface area contributed by atoms with Crippen molar-refractivity contribution in [3.63, 3.8) is 0 Å². The Bertz CT molecular complexity index is 769. The average Bonchev–Trinajstić information content (AvgIpc) is 2.93. The Kier molecular flexibility index (Phi) is 20.0. The maximum atomic E-state index is 12.2. The Morgan fingerprint density at radius 2 is 0.805 bits per heavy atom. The van der Waals surface area contributed by atoms with Gasteiger partial charge in [0.1, 0.15) is 25.9 Å². The van der Waals surface area contributed by atoms with Gasteiger partial charge in [-0.2, -0.15) is 0 Å². The van der Waals surface area contributed by atoms with Crippen molar-refractivity contribution >= 4 is 23.9 Å². The molecule has 1 fully saturated rings. The molecule has 1 aliphatic heterocycles. The second-order valence-electron chi connectivity index (χ2n) is 11.0. The van der Waals surface area contributed by atoms with Crippen LogP contribution in [0.25, 0.3) is 0 Å². The van der Waals surface area contributed by atoms with Crippen molar-refractivity contribution in [3.05, 3.63) is 0 Å². The second-order valence-corrected chi connectivity index (χ2v) is 11.0. The summed E-state index contributed by atoms with van der Waals surface area (Å²) in [5, 5.41) is 13.0. The lowest BCUT2D eigenvalue weighted by Gasteiger charge is -2.19. The Labute approximate surface area is 245 Å². The molecule has 1 aliphatic rings. The Morgan fingerprint density at radius 3 is 1.17 bits per heavy atom. The highest BCUT2D eigenvalue weighted by Gasteiger charge is 2.15. The van der Waals surface area contributed by atoms with Crippen LogP contribution in [0, 0.1) is 0 Å². The molecule has 5 unspecified atom stereocenters. The predicted octanol–water partition coefficient (Wildman–Crippen LogP) is 1.59. The van der Waals surface area contributed by atoms with E-state index in [9.17, 15) is 19.2 Å². The van der Waals surface area contributed by atoms with Crippen LogP contribution in [0.4, 0.5) is 0 Å². The summed E-state index contributed by atoms with van der Waals surface area (Å²) < 4.78 is 21.4. The van der Waals surface area contributed by atoms with Gasteiger partial charge in [0.25, 0.3) is 0 Å². The zero-order valence-corrected chi connectivity index (χ0v) is 25.8. The molecule has 4 N–H and O–H groups in total. The standard InChI is InChI=1S/C29H54N4O8/c1-21-7-11-27(35)39-19-16-32-23(3)9-13-29(37)41-25(5)20-33-24(4)8-12-28(36)40-18-15-31-22(2)6-10-26(34)38-17-14-30-21/h21-25,30-33H,6-20H2,1-5H3. The van der Waals surface area contributed by atoms with Crippen LogP contribution in [0.5, 0.6) is 0 Å².